The van der Waals surface area contributed by atoms with Gasteiger partial charge in [-0.15, -0.1) is 11.3 Å². The lowest BCUT2D eigenvalue weighted by molar-refractivity contribution is 0.506. The minimum Gasteiger partial charge on any atom is -0.469 e. The number of furan rings is 1. The Kier molecular flexibility index (Phi) is 7.50. The molecule has 0 saturated carbocycles. The number of thiazole rings is 1. The summed E-state index contributed by atoms with van der Waals surface area (Å²) in [5.74, 6) is 1.85. The maximum atomic E-state index is 5.36. The van der Waals surface area contributed by atoms with Crippen LogP contribution in [0.4, 0.5) is 0 Å². The van der Waals surface area contributed by atoms with Gasteiger partial charge < -0.3 is 15.1 Å². The molecule has 0 aliphatic carbocycles. The van der Waals surface area contributed by atoms with Crippen LogP contribution in [0.2, 0.25) is 0 Å². The molecule has 2 rings (SSSR count). The molecule has 0 atom stereocenters. The molecular formula is C19H30N4OS. The maximum absolute atomic E-state index is 5.36. The first-order valence-corrected chi connectivity index (χ1v) is 9.86. The highest BCUT2D eigenvalue weighted by Crippen LogP contribution is 2.25. The van der Waals surface area contributed by atoms with Gasteiger partial charge in [-0.25, -0.2) is 4.98 Å². The Morgan fingerprint density at radius 1 is 1.24 bits per heavy atom. The summed E-state index contributed by atoms with van der Waals surface area (Å²) in [6.45, 7) is 11.2. The number of hydrogen-bond acceptors (Lipinski definition) is 4. The van der Waals surface area contributed by atoms with Crippen LogP contribution in [0.5, 0.6) is 0 Å². The van der Waals surface area contributed by atoms with Crippen molar-refractivity contribution in [2.24, 2.45) is 4.99 Å². The molecule has 0 saturated heterocycles. The molecule has 5 nitrogen and oxygen atoms in total. The molecule has 0 aliphatic rings. The maximum Gasteiger partial charge on any atom is 0.191 e. The van der Waals surface area contributed by atoms with Crippen molar-refractivity contribution >= 4 is 17.3 Å². The van der Waals surface area contributed by atoms with E-state index >= 15 is 0 Å². The fourth-order valence-corrected chi connectivity index (χ4v) is 3.17. The number of nitrogens with one attached hydrogen (secondary N) is 2. The highest BCUT2D eigenvalue weighted by molar-refractivity contribution is 7.09. The normalized spacial score (nSPS) is 12.4. The number of aliphatic imine (C=N–C) groups is 1. The van der Waals surface area contributed by atoms with Crippen LogP contribution in [-0.2, 0) is 18.3 Å². The second-order valence-corrected chi connectivity index (χ2v) is 7.92. The zero-order chi connectivity index (χ0) is 18.1. The van der Waals surface area contributed by atoms with Gasteiger partial charge in [0, 0.05) is 43.3 Å². The van der Waals surface area contributed by atoms with Gasteiger partial charge in [-0.3, -0.25) is 4.99 Å². The Balaban J connectivity index is 1.78. The van der Waals surface area contributed by atoms with Gasteiger partial charge in [0.15, 0.2) is 5.96 Å². The van der Waals surface area contributed by atoms with Crippen LogP contribution < -0.4 is 10.6 Å². The van der Waals surface area contributed by atoms with E-state index in [0.717, 1.165) is 56.3 Å². The Bertz CT molecular complexity index is 641. The standard InChI is InChI=1S/C19H30N4OS/c1-5-10-20-18(22-12-9-16-7-6-13-24-16)21-11-8-15-14-25-17(23-15)19(2,3)4/h6-7,13-14H,5,8-12H2,1-4H3,(H2,20,21,22). The molecule has 0 aromatic carbocycles. The average Bonchev–Trinajstić information content (AvgIpc) is 3.23. The summed E-state index contributed by atoms with van der Waals surface area (Å²) >= 11 is 1.75. The Morgan fingerprint density at radius 2 is 2.00 bits per heavy atom. The number of guanidine groups is 1. The Hall–Kier alpha value is -1.82. The van der Waals surface area contributed by atoms with Gasteiger partial charge in [0.1, 0.15) is 5.76 Å². The molecule has 2 N–H and O–H groups in total. The molecule has 0 spiro atoms. The van der Waals surface area contributed by atoms with Gasteiger partial charge in [0.05, 0.1) is 17.0 Å². The molecule has 0 aliphatic heterocycles. The number of aromatic nitrogens is 1. The van der Waals surface area contributed by atoms with Gasteiger partial charge in [-0.1, -0.05) is 27.7 Å². The first kappa shape index (κ1) is 19.5. The second-order valence-electron chi connectivity index (χ2n) is 7.06. The largest absolute Gasteiger partial charge is 0.469 e. The van der Waals surface area contributed by atoms with Crippen molar-refractivity contribution in [2.45, 2.75) is 52.4 Å². The predicted octanol–water partition coefficient (Wildman–Crippen LogP) is 3.76. The van der Waals surface area contributed by atoms with Crippen molar-refractivity contribution in [3.05, 3.63) is 40.2 Å². The smallest absolute Gasteiger partial charge is 0.191 e. The monoisotopic (exact) mass is 362 g/mol. The van der Waals surface area contributed by atoms with Crippen LogP contribution in [0.3, 0.4) is 0 Å². The summed E-state index contributed by atoms with van der Waals surface area (Å²) in [7, 11) is 0. The fourth-order valence-electron chi connectivity index (χ4n) is 2.23. The van der Waals surface area contributed by atoms with E-state index in [9.17, 15) is 0 Å². The molecule has 2 aromatic heterocycles. The molecule has 0 radical (unpaired) electrons. The highest BCUT2D eigenvalue weighted by Gasteiger charge is 2.17. The van der Waals surface area contributed by atoms with Crippen LogP contribution in [0, 0.1) is 0 Å². The lowest BCUT2D eigenvalue weighted by atomic mass is 9.98. The molecule has 0 fully saturated rings. The minimum atomic E-state index is 0.123. The third-order valence-corrected chi connectivity index (χ3v) is 4.92. The minimum absolute atomic E-state index is 0.123. The molecule has 138 valence electrons. The third kappa shape index (κ3) is 6.90. The first-order valence-electron chi connectivity index (χ1n) is 8.98. The van der Waals surface area contributed by atoms with Crippen molar-refractivity contribution in [3.8, 4) is 0 Å². The van der Waals surface area contributed by atoms with Gasteiger partial charge in [-0.2, -0.15) is 0 Å². The van der Waals surface area contributed by atoms with Crippen LogP contribution >= 0.6 is 11.3 Å². The molecule has 0 amide bonds. The van der Waals surface area contributed by atoms with Crippen molar-refractivity contribution in [3.63, 3.8) is 0 Å². The zero-order valence-electron chi connectivity index (χ0n) is 15.8. The molecular weight excluding hydrogens is 332 g/mol. The van der Waals surface area contributed by atoms with Gasteiger partial charge in [0.25, 0.3) is 0 Å². The highest BCUT2D eigenvalue weighted by atomic mass is 32.1. The molecule has 2 heterocycles. The van der Waals surface area contributed by atoms with E-state index in [1.807, 2.05) is 12.1 Å². The van der Waals surface area contributed by atoms with E-state index in [4.69, 9.17) is 9.40 Å². The molecule has 25 heavy (non-hydrogen) atoms. The van der Waals surface area contributed by atoms with Crippen LogP contribution in [0.1, 0.15) is 50.6 Å². The molecule has 6 heteroatoms. The quantitative estimate of drug-likeness (QED) is 0.554. The summed E-state index contributed by atoms with van der Waals surface area (Å²) in [6.07, 6.45) is 4.49. The topological polar surface area (TPSA) is 62.5 Å². The summed E-state index contributed by atoms with van der Waals surface area (Å²) < 4.78 is 5.36. The van der Waals surface area contributed by atoms with E-state index < -0.39 is 0 Å². The first-order chi connectivity index (χ1) is 12.0. The van der Waals surface area contributed by atoms with Crippen molar-refractivity contribution in [2.75, 3.05) is 19.6 Å². The Labute approximate surface area is 155 Å². The lowest BCUT2D eigenvalue weighted by Gasteiger charge is -2.14. The zero-order valence-corrected chi connectivity index (χ0v) is 16.6. The summed E-state index contributed by atoms with van der Waals surface area (Å²) in [6, 6.07) is 3.91. The molecule has 2 aromatic rings. The van der Waals surface area contributed by atoms with Crippen molar-refractivity contribution in [1.29, 1.82) is 0 Å². The third-order valence-electron chi connectivity index (χ3n) is 3.60. The van der Waals surface area contributed by atoms with Gasteiger partial charge >= 0.3 is 0 Å². The summed E-state index contributed by atoms with van der Waals surface area (Å²) in [5, 5.41) is 10.1. The van der Waals surface area contributed by atoms with Crippen molar-refractivity contribution in [1.82, 2.24) is 15.6 Å². The SMILES string of the molecule is CCCN=C(NCCc1csc(C(C)(C)C)n1)NCCc1ccco1. The lowest BCUT2D eigenvalue weighted by Crippen LogP contribution is -2.39. The van der Waals surface area contributed by atoms with Crippen molar-refractivity contribution < 1.29 is 4.42 Å². The number of rotatable bonds is 8. The predicted molar refractivity (Wildman–Crippen MR) is 106 cm³/mol. The van der Waals surface area contributed by atoms with E-state index in [1.165, 1.54) is 5.01 Å². The number of nitrogens with zero attached hydrogens (tertiary/aromatic N) is 2. The fraction of sp³-hybridized carbons (Fsp3) is 0.579. The van der Waals surface area contributed by atoms with Crippen LogP contribution in [0.15, 0.2) is 33.2 Å². The summed E-state index contributed by atoms with van der Waals surface area (Å²) in [4.78, 5) is 9.32. The summed E-state index contributed by atoms with van der Waals surface area (Å²) in [5.41, 5.74) is 1.27. The van der Waals surface area contributed by atoms with Gasteiger partial charge in [0.2, 0.25) is 0 Å². The average molecular weight is 363 g/mol. The Morgan fingerprint density at radius 3 is 2.60 bits per heavy atom. The van der Waals surface area contributed by atoms with E-state index in [-0.39, 0.29) is 5.41 Å². The van der Waals surface area contributed by atoms with E-state index in [0.29, 0.717) is 0 Å². The van der Waals surface area contributed by atoms with Crippen LogP contribution in [0.25, 0.3) is 0 Å². The van der Waals surface area contributed by atoms with E-state index in [2.05, 4.69) is 48.7 Å². The molecule has 0 bridgehead atoms. The van der Waals surface area contributed by atoms with Crippen LogP contribution in [-0.4, -0.2) is 30.6 Å². The van der Waals surface area contributed by atoms with Gasteiger partial charge in [-0.05, 0) is 18.6 Å². The number of hydrogen-bond donors (Lipinski definition) is 2. The molecule has 0 unspecified atom stereocenters. The second kappa shape index (κ2) is 9.61. The van der Waals surface area contributed by atoms with E-state index in [1.54, 1.807) is 17.6 Å².